The topological polar surface area (TPSA) is 26.3 Å². The Hall–Kier alpha value is -0.530. The normalized spacial score (nSPS) is 13.2. The lowest BCUT2D eigenvalue weighted by Crippen LogP contribution is -2.19. The van der Waals surface area contributed by atoms with E-state index in [0.29, 0.717) is 12.5 Å². The van der Waals surface area contributed by atoms with Crippen molar-refractivity contribution in [2.75, 3.05) is 6.61 Å². The Morgan fingerprint density at radius 3 is 1.38 bits per heavy atom. The van der Waals surface area contributed by atoms with Crippen LogP contribution in [0.15, 0.2) is 0 Å². The van der Waals surface area contributed by atoms with Crippen molar-refractivity contribution in [3.63, 3.8) is 0 Å². The molecule has 0 fully saturated rings. The molecule has 192 valence electrons. The summed E-state index contributed by atoms with van der Waals surface area (Å²) >= 11 is 0. The van der Waals surface area contributed by atoms with Gasteiger partial charge in [-0.15, -0.1) is 0 Å². The second kappa shape index (κ2) is 25.1. The summed E-state index contributed by atoms with van der Waals surface area (Å²) in [6.45, 7) is 9.48. The van der Waals surface area contributed by atoms with Gasteiger partial charge in [0.05, 0.1) is 12.5 Å². The first kappa shape index (κ1) is 31.5. The van der Waals surface area contributed by atoms with E-state index >= 15 is 0 Å². The van der Waals surface area contributed by atoms with Crippen LogP contribution in [0.4, 0.5) is 0 Å². The monoisotopic (exact) mass is 452 g/mol. The maximum absolute atomic E-state index is 12.4. The van der Waals surface area contributed by atoms with Crippen LogP contribution >= 0.6 is 0 Å². The Morgan fingerprint density at radius 2 is 0.938 bits per heavy atom. The summed E-state index contributed by atoms with van der Waals surface area (Å²) in [5.41, 5.74) is 0. The molecule has 0 N–H and O–H groups in total. The van der Waals surface area contributed by atoms with Gasteiger partial charge in [-0.05, 0) is 25.2 Å². The predicted octanol–water partition coefficient (Wildman–Crippen LogP) is 10.4. The lowest BCUT2D eigenvalue weighted by molar-refractivity contribution is -0.149. The Morgan fingerprint density at radius 1 is 0.531 bits per heavy atom. The van der Waals surface area contributed by atoms with E-state index in [2.05, 4.69) is 27.7 Å². The molecule has 0 saturated heterocycles. The van der Waals surface area contributed by atoms with Crippen molar-refractivity contribution in [2.24, 2.45) is 11.8 Å². The maximum Gasteiger partial charge on any atom is 0.308 e. The van der Waals surface area contributed by atoms with Crippen LogP contribution in [0.5, 0.6) is 0 Å². The highest BCUT2D eigenvalue weighted by Gasteiger charge is 2.16. The summed E-state index contributed by atoms with van der Waals surface area (Å²) < 4.78 is 5.73. The minimum absolute atomic E-state index is 0.0364. The van der Waals surface area contributed by atoms with Crippen molar-refractivity contribution < 1.29 is 9.53 Å². The van der Waals surface area contributed by atoms with Gasteiger partial charge in [0, 0.05) is 0 Å². The molecule has 0 saturated carbocycles. The first-order valence-corrected chi connectivity index (χ1v) is 14.8. The molecule has 0 heterocycles. The van der Waals surface area contributed by atoms with Crippen molar-refractivity contribution in [1.29, 1.82) is 0 Å². The van der Waals surface area contributed by atoms with Gasteiger partial charge in [0.15, 0.2) is 0 Å². The second-order valence-electron chi connectivity index (χ2n) is 10.4. The molecule has 2 unspecified atom stereocenters. The van der Waals surface area contributed by atoms with Crippen LogP contribution in [-0.2, 0) is 9.53 Å². The van der Waals surface area contributed by atoms with Crippen LogP contribution in [0, 0.1) is 11.8 Å². The van der Waals surface area contributed by atoms with Crippen molar-refractivity contribution in [1.82, 2.24) is 0 Å². The molecule has 0 aliphatic heterocycles. The Kier molecular flexibility index (Phi) is 24.7. The maximum atomic E-state index is 12.4. The average molecular weight is 453 g/mol. The van der Waals surface area contributed by atoms with Gasteiger partial charge in [-0.25, -0.2) is 0 Å². The van der Waals surface area contributed by atoms with Crippen molar-refractivity contribution >= 4 is 5.97 Å². The van der Waals surface area contributed by atoms with E-state index < -0.39 is 0 Å². The van der Waals surface area contributed by atoms with Gasteiger partial charge in [-0.1, -0.05) is 150 Å². The number of carbonyl (C=O) groups is 1. The average Bonchev–Trinajstić information content (AvgIpc) is 2.79. The minimum atomic E-state index is 0.0364. The lowest BCUT2D eigenvalue weighted by Gasteiger charge is -2.18. The highest BCUT2D eigenvalue weighted by molar-refractivity contribution is 5.71. The largest absolute Gasteiger partial charge is 0.465 e. The Balaban J connectivity index is 3.70. The van der Waals surface area contributed by atoms with E-state index in [1.54, 1.807) is 0 Å². The summed E-state index contributed by atoms with van der Waals surface area (Å²) in [6.07, 6.45) is 29.1. The van der Waals surface area contributed by atoms with Gasteiger partial charge in [-0.3, -0.25) is 4.79 Å². The number of hydrogen-bond donors (Lipinski definition) is 0. The number of ether oxygens (including phenoxy) is 1. The van der Waals surface area contributed by atoms with Gasteiger partial charge in [0.2, 0.25) is 0 Å². The zero-order chi connectivity index (χ0) is 23.7. The zero-order valence-electron chi connectivity index (χ0n) is 22.7. The molecule has 2 heteroatoms. The molecule has 2 atom stereocenters. The SMILES string of the molecule is CCCCCCCCCCCCCCC(CCC)COC(=O)C(C)CCCCCCCC. The van der Waals surface area contributed by atoms with Crippen LogP contribution in [0.3, 0.4) is 0 Å². The van der Waals surface area contributed by atoms with Crippen LogP contribution in [0.25, 0.3) is 0 Å². The number of hydrogen-bond acceptors (Lipinski definition) is 2. The van der Waals surface area contributed by atoms with Gasteiger partial charge < -0.3 is 4.74 Å². The second-order valence-corrected chi connectivity index (χ2v) is 10.4. The van der Waals surface area contributed by atoms with Gasteiger partial charge >= 0.3 is 5.97 Å². The van der Waals surface area contributed by atoms with E-state index in [9.17, 15) is 4.79 Å². The van der Waals surface area contributed by atoms with E-state index in [1.807, 2.05) is 0 Å². The first-order chi connectivity index (χ1) is 15.7. The fourth-order valence-corrected chi connectivity index (χ4v) is 4.68. The minimum Gasteiger partial charge on any atom is -0.465 e. The summed E-state index contributed by atoms with van der Waals surface area (Å²) in [5.74, 6) is 0.665. The Labute approximate surface area is 203 Å². The molecular weight excluding hydrogens is 392 g/mol. The third-order valence-corrected chi connectivity index (χ3v) is 7.02. The zero-order valence-corrected chi connectivity index (χ0v) is 22.7. The highest BCUT2D eigenvalue weighted by Crippen LogP contribution is 2.20. The molecule has 0 aromatic rings. The summed E-state index contributed by atoms with van der Waals surface area (Å²) in [4.78, 5) is 12.4. The summed E-state index contributed by atoms with van der Waals surface area (Å²) in [5, 5.41) is 0. The van der Waals surface area contributed by atoms with Crippen molar-refractivity contribution in [2.45, 2.75) is 169 Å². The standard InChI is InChI=1S/C30H60O2/c1-5-8-10-12-14-15-16-17-18-19-21-23-26-29(24-7-3)27-32-30(31)28(4)25-22-20-13-11-9-6-2/h28-29H,5-27H2,1-4H3. The van der Waals surface area contributed by atoms with Gasteiger partial charge in [0.25, 0.3) is 0 Å². The van der Waals surface area contributed by atoms with Crippen molar-refractivity contribution in [3.8, 4) is 0 Å². The first-order valence-electron chi connectivity index (χ1n) is 14.8. The molecule has 0 aliphatic rings. The Bertz CT molecular complexity index is 379. The van der Waals surface area contributed by atoms with E-state index in [4.69, 9.17) is 4.74 Å². The molecule has 2 nitrogen and oxygen atoms in total. The van der Waals surface area contributed by atoms with Crippen LogP contribution in [0.1, 0.15) is 169 Å². The fraction of sp³-hybridized carbons (Fsp3) is 0.967. The van der Waals surface area contributed by atoms with Crippen LogP contribution < -0.4 is 0 Å². The molecule has 0 rings (SSSR count). The molecule has 0 aromatic carbocycles. The fourth-order valence-electron chi connectivity index (χ4n) is 4.68. The predicted molar refractivity (Wildman–Crippen MR) is 142 cm³/mol. The molecule has 0 aliphatic carbocycles. The molecule has 0 bridgehead atoms. The van der Waals surface area contributed by atoms with Crippen LogP contribution in [0.2, 0.25) is 0 Å². The van der Waals surface area contributed by atoms with E-state index in [0.717, 1.165) is 12.8 Å². The summed E-state index contributed by atoms with van der Waals surface area (Å²) in [7, 11) is 0. The van der Waals surface area contributed by atoms with E-state index in [1.165, 1.54) is 128 Å². The quantitative estimate of drug-likeness (QED) is 0.102. The highest BCUT2D eigenvalue weighted by atomic mass is 16.5. The van der Waals surface area contributed by atoms with Crippen molar-refractivity contribution in [3.05, 3.63) is 0 Å². The van der Waals surface area contributed by atoms with Gasteiger partial charge in [0.1, 0.15) is 0 Å². The third kappa shape index (κ3) is 21.3. The number of rotatable bonds is 25. The number of carbonyl (C=O) groups excluding carboxylic acids is 1. The smallest absolute Gasteiger partial charge is 0.308 e. The third-order valence-electron chi connectivity index (χ3n) is 7.02. The van der Waals surface area contributed by atoms with E-state index in [-0.39, 0.29) is 11.9 Å². The molecular formula is C30H60O2. The molecule has 32 heavy (non-hydrogen) atoms. The molecule has 0 amide bonds. The van der Waals surface area contributed by atoms with Gasteiger partial charge in [-0.2, -0.15) is 0 Å². The summed E-state index contributed by atoms with van der Waals surface area (Å²) in [6, 6.07) is 0. The molecule has 0 radical (unpaired) electrons. The number of unbranched alkanes of at least 4 members (excludes halogenated alkanes) is 16. The molecule has 0 spiro atoms. The lowest BCUT2D eigenvalue weighted by atomic mass is 9.96. The molecule has 0 aromatic heterocycles. The number of esters is 1. The van der Waals surface area contributed by atoms with Crippen LogP contribution in [-0.4, -0.2) is 12.6 Å².